The molecule has 2 aliphatic rings. The first kappa shape index (κ1) is 16.0. The van der Waals surface area contributed by atoms with Gasteiger partial charge in [0.15, 0.2) is 0 Å². The highest BCUT2D eigenvalue weighted by Gasteiger charge is 2.26. The van der Waals surface area contributed by atoms with Gasteiger partial charge < -0.3 is 20.5 Å². The molecule has 1 saturated heterocycles. The molecule has 0 bridgehead atoms. The van der Waals surface area contributed by atoms with Crippen molar-refractivity contribution in [2.24, 2.45) is 5.92 Å². The van der Waals surface area contributed by atoms with Crippen molar-refractivity contribution in [3.8, 4) is 0 Å². The Morgan fingerprint density at radius 3 is 2.43 bits per heavy atom. The fourth-order valence-corrected chi connectivity index (χ4v) is 2.87. The Kier molecular flexibility index (Phi) is 6.25. The second-order valence-corrected chi connectivity index (χ2v) is 5.74. The van der Waals surface area contributed by atoms with E-state index in [9.17, 15) is 9.59 Å². The van der Waals surface area contributed by atoms with Crippen LogP contribution in [0.1, 0.15) is 25.7 Å². The first-order valence-corrected chi connectivity index (χ1v) is 7.72. The number of hydrogen-bond donors (Lipinski definition) is 3. The van der Waals surface area contributed by atoms with E-state index in [0.717, 1.165) is 45.7 Å². The molecule has 0 unspecified atom stereocenters. The van der Waals surface area contributed by atoms with Crippen molar-refractivity contribution in [1.82, 2.24) is 15.5 Å². The topological polar surface area (TPSA) is 90.9 Å². The zero-order valence-electron chi connectivity index (χ0n) is 12.3. The largest absolute Gasteiger partial charge is 0.481 e. The van der Waals surface area contributed by atoms with Gasteiger partial charge >= 0.3 is 12.0 Å². The van der Waals surface area contributed by atoms with Crippen molar-refractivity contribution in [3.05, 3.63) is 0 Å². The number of nitrogens with one attached hydrogen (secondary N) is 2. The predicted octanol–water partition coefficient (Wildman–Crippen LogP) is 0.261. The van der Waals surface area contributed by atoms with Crippen molar-refractivity contribution < 1.29 is 19.4 Å². The van der Waals surface area contributed by atoms with Gasteiger partial charge in [-0.1, -0.05) is 0 Å². The molecule has 120 valence electrons. The van der Waals surface area contributed by atoms with E-state index < -0.39 is 5.97 Å². The van der Waals surface area contributed by atoms with Gasteiger partial charge in [-0.2, -0.15) is 0 Å². The molecule has 21 heavy (non-hydrogen) atoms. The van der Waals surface area contributed by atoms with E-state index in [1.54, 1.807) is 0 Å². The van der Waals surface area contributed by atoms with E-state index in [1.807, 2.05) is 0 Å². The third kappa shape index (κ3) is 5.51. The van der Waals surface area contributed by atoms with Crippen LogP contribution in [0.25, 0.3) is 0 Å². The number of morpholine rings is 1. The molecule has 1 aliphatic carbocycles. The number of urea groups is 1. The molecule has 2 amide bonds. The molecule has 1 aliphatic heterocycles. The molecule has 0 radical (unpaired) electrons. The maximum atomic E-state index is 11.8. The Morgan fingerprint density at radius 2 is 1.81 bits per heavy atom. The second-order valence-electron chi connectivity index (χ2n) is 5.74. The summed E-state index contributed by atoms with van der Waals surface area (Å²) >= 11 is 0. The highest BCUT2D eigenvalue weighted by molar-refractivity contribution is 5.74. The van der Waals surface area contributed by atoms with Gasteiger partial charge in [0, 0.05) is 32.2 Å². The molecule has 0 aromatic heterocycles. The van der Waals surface area contributed by atoms with Crippen molar-refractivity contribution >= 4 is 12.0 Å². The Morgan fingerprint density at radius 1 is 1.14 bits per heavy atom. The number of carbonyl (C=O) groups excluding carboxylic acids is 1. The van der Waals surface area contributed by atoms with Crippen LogP contribution in [0.5, 0.6) is 0 Å². The summed E-state index contributed by atoms with van der Waals surface area (Å²) in [5, 5.41) is 14.7. The van der Waals surface area contributed by atoms with Crippen molar-refractivity contribution in [3.63, 3.8) is 0 Å². The summed E-state index contributed by atoms with van der Waals surface area (Å²) < 4.78 is 5.27. The molecule has 1 saturated carbocycles. The van der Waals surface area contributed by atoms with Crippen LogP contribution in [-0.2, 0) is 9.53 Å². The number of hydrogen-bond acceptors (Lipinski definition) is 4. The Balaban J connectivity index is 1.56. The minimum atomic E-state index is -0.719. The lowest BCUT2D eigenvalue weighted by Crippen LogP contribution is -2.47. The van der Waals surface area contributed by atoms with Crippen molar-refractivity contribution in [1.29, 1.82) is 0 Å². The minimum Gasteiger partial charge on any atom is -0.481 e. The Labute approximate surface area is 125 Å². The van der Waals surface area contributed by atoms with Gasteiger partial charge in [0.05, 0.1) is 19.1 Å². The van der Waals surface area contributed by atoms with Crippen LogP contribution in [0.3, 0.4) is 0 Å². The number of nitrogens with zero attached hydrogens (tertiary/aromatic N) is 1. The van der Waals surface area contributed by atoms with Gasteiger partial charge in [-0.3, -0.25) is 9.69 Å². The van der Waals surface area contributed by atoms with E-state index in [2.05, 4.69) is 15.5 Å². The molecule has 7 heteroatoms. The summed E-state index contributed by atoms with van der Waals surface area (Å²) in [5.74, 6) is -0.962. The van der Waals surface area contributed by atoms with Gasteiger partial charge in [0.25, 0.3) is 0 Å². The second kappa shape index (κ2) is 8.19. The monoisotopic (exact) mass is 299 g/mol. The third-order valence-corrected chi connectivity index (χ3v) is 4.23. The van der Waals surface area contributed by atoms with E-state index in [0.29, 0.717) is 19.4 Å². The fraction of sp³-hybridized carbons (Fsp3) is 0.857. The molecule has 0 spiro atoms. The normalized spacial score (nSPS) is 27.0. The summed E-state index contributed by atoms with van der Waals surface area (Å²) in [6, 6.07) is -0.0500. The van der Waals surface area contributed by atoms with E-state index in [-0.39, 0.29) is 18.0 Å². The average molecular weight is 299 g/mol. The van der Waals surface area contributed by atoms with Crippen LogP contribution < -0.4 is 10.6 Å². The van der Waals surface area contributed by atoms with Gasteiger partial charge in [0.2, 0.25) is 0 Å². The number of carboxylic acid groups (broad SMARTS) is 1. The quantitative estimate of drug-likeness (QED) is 0.677. The molecule has 1 heterocycles. The first-order chi connectivity index (χ1) is 10.1. The van der Waals surface area contributed by atoms with Gasteiger partial charge in [-0.05, 0) is 25.7 Å². The standard InChI is InChI=1S/C14H25N3O4/c18-13(19)11-1-3-12(4-2-11)16-14(20)15-5-6-17-7-9-21-10-8-17/h11-12H,1-10H2,(H,18,19)(H2,15,16,20). The number of rotatable bonds is 5. The summed E-state index contributed by atoms with van der Waals surface area (Å²) in [7, 11) is 0. The Bertz CT molecular complexity index is 350. The molecule has 0 aromatic rings. The number of amides is 2. The molecular weight excluding hydrogens is 274 g/mol. The van der Waals surface area contributed by atoms with Crippen LogP contribution in [-0.4, -0.2) is 67.4 Å². The molecule has 2 fully saturated rings. The zero-order valence-corrected chi connectivity index (χ0v) is 12.3. The predicted molar refractivity (Wildman–Crippen MR) is 77.2 cm³/mol. The number of carbonyl (C=O) groups is 2. The van der Waals surface area contributed by atoms with Crippen LogP contribution in [0.15, 0.2) is 0 Å². The molecule has 0 aromatic carbocycles. The highest BCUT2D eigenvalue weighted by Crippen LogP contribution is 2.24. The minimum absolute atomic E-state index is 0.101. The Hall–Kier alpha value is -1.34. The molecule has 7 nitrogen and oxygen atoms in total. The fourth-order valence-electron chi connectivity index (χ4n) is 2.87. The SMILES string of the molecule is O=C(NCCN1CCOCC1)NC1CCC(C(=O)O)CC1. The van der Waals surface area contributed by atoms with Crippen LogP contribution in [0, 0.1) is 5.92 Å². The maximum Gasteiger partial charge on any atom is 0.315 e. The summed E-state index contributed by atoms with van der Waals surface area (Å²) in [6.45, 7) is 4.82. The van der Waals surface area contributed by atoms with E-state index >= 15 is 0 Å². The van der Waals surface area contributed by atoms with Crippen molar-refractivity contribution in [2.75, 3.05) is 39.4 Å². The average Bonchev–Trinajstić information content (AvgIpc) is 2.49. The van der Waals surface area contributed by atoms with Crippen LogP contribution in [0.2, 0.25) is 0 Å². The summed E-state index contributed by atoms with van der Waals surface area (Å²) in [5.41, 5.74) is 0. The number of carboxylic acids is 1. The van der Waals surface area contributed by atoms with Gasteiger partial charge in [-0.25, -0.2) is 4.79 Å². The lowest BCUT2D eigenvalue weighted by molar-refractivity contribution is -0.142. The lowest BCUT2D eigenvalue weighted by atomic mass is 9.86. The van der Waals surface area contributed by atoms with Gasteiger partial charge in [-0.15, -0.1) is 0 Å². The third-order valence-electron chi connectivity index (χ3n) is 4.23. The summed E-state index contributed by atoms with van der Waals surface area (Å²) in [6.07, 6.45) is 2.78. The maximum absolute atomic E-state index is 11.8. The highest BCUT2D eigenvalue weighted by atomic mass is 16.5. The number of aliphatic carboxylic acids is 1. The molecular formula is C14H25N3O4. The zero-order chi connectivity index (χ0) is 15.1. The first-order valence-electron chi connectivity index (χ1n) is 7.72. The smallest absolute Gasteiger partial charge is 0.315 e. The van der Waals surface area contributed by atoms with E-state index in [4.69, 9.17) is 9.84 Å². The molecule has 0 atom stereocenters. The van der Waals surface area contributed by atoms with Crippen LogP contribution in [0.4, 0.5) is 4.79 Å². The molecule has 2 rings (SSSR count). The summed E-state index contributed by atoms with van der Waals surface area (Å²) in [4.78, 5) is 24.9. The van der Waals surface area contributed by atoms with Gasteiger partial charge in [0.1, 0.15) is 0 Å². The molecule has 3 N–H and O–H groups in total. The van der Waals surface area contributed by atoms with E-state index in [1.165, 1.54) is 0 Å². The number of ether oxygens (including phenoxy) is 1. The van der Waals surface area contributed by atoms with Crippen LogP contribution >= 0.6 is 0 Å². The van der Waals surface area contributed by atoms with Crippen molar-refractivity contribution in [2.45, 2.75) is 31.7 Å². The lowest BCUT2D eigenvalue weighted by Gasteiger charge is -2.28.